The fourth-order valence-electron chi connectivity index (χ4n) is 3.79. The molecule has 0 saturated carbocycles. The van der Waals surface area contributed by atoms with E-state index in [1.165, 1.54) is 12.1 Å². The Hall–Kier alpha value is -3.34. The summed E-state index contributed by atoms with van der Waals surface area (Å²) in [6.07, 6.45) is 0.119. The molecule has 0 bridgehead atoms. The van der Waals surface area contributed by atoms with E-state index in [0.29, 0.717) is 17.5 Å². The molecule has 5 rings (SSSR count). The van der Waals surface area contributed by atoms with Crippen LogP contribution in [0.5, 0.6) is 11.5 Å². The lowest BCUT2D eigenvalue weighted by atomic mass is 9.95. The SMILES string of the molecule is Oc1ccccc1C1=NN2[C@@H](c3cccc(F)c3)Oc3ccccc3[C@@H]2C1. The lowest BCUT2D eigenvalue weighted by Crippen LogP contribution is -2.33. The maximum Gasteiger partial charge on any atom is 0.213 e. The fraction of sp³-hybridized carbons (Fsp3) is 0.136. The Balaban J connectivity index is 1.62. The van der Waals surface area contributed by atoms with Gasteiger partial charge in [0.1, 0.15) is 17.3 Å². The normalized spacial score (nSPS) is 20.5. The van der Waals surface area contributed by atoms with E-state index >= 15 is 0 Å². The summed E-state index contributed by atoms with van der Waals surface area (Å²) in [6.45, 7) is 0. The maximum absolute atomic E-state index is 13.8. The number of fused-ring (bicyclic) bond motifs is 3. The highest BCUT2D eigenvalue weighted by atomic mass is 19.1. The first kappa shape index (κ1) is 15.9. The number of hydrogen-bond donors (Lipinski definition) is 1. The molecule has 2 aliphatic heterocycles. The van der Waals surface area contributed by atoms with E-state index in [1.54, 1.807) is 18.2 Å². The second kappa shape index (κ2) is 6.13. The largest absolute Gasteiger partial charge is 0.507 e. The lowest BCUT2D eigenvalue weighted by molar-refractivity contribution is -0.0192. The fourth-order valence-corrected chi connectivity index (χ4v) is 3.79. The minimum Gasteiger partial charge on any atom is -0.507 e. The number of rotatable bonds is 2. The number of para-hydroxylation sites is 2. The summed E-state index contributed by atoms with van der Waals surface area (Å²) in [7, 11) is 0. The van der Waals surface area contributed by atoms with Gasteiger partial charge in [-0.2, -0.15) is 5.10 Å². The standard InChI is InChI=1S/C22H17FN2O2/c23-15-7-5-6-14(12-15)22-25-19(17-9-2-4-11-21(17)27-22)13-18(24-25)16-8-1-3-10-20(16)26/h1-12,19,22,26H,13H2/t19-,22+/m0/s1. The predicted octanol–water partition coefficient (Wildman–Crippen LogP) is 4.77. The lowest BCUT2D eigenvalue weighted by Gasteiger charge is -2.38. The van der Waals surface area contributed by atoms with E-state index in [-0.39, 0.29) is 17.6 Å². The number of phenols is 1. The highest BCUT2D eigenvalue weighted by Gasteiger charge is 2.41. The first-order chi connectivity index (χ1) is 13.2. The zero-order valence-electron chi connectivity index (χ0n) is 14.4. The van der Waals surface area contributed by atoms with Crippen molar-refractivity contribution in [2.75, 3.05) is 0 Å². The van der Waals surface area contributed by atoms with Crippen molar-refractivity contribution in [3.63, 3.8) is 0 Å². The van der Waals surface area contributed by atoms with Crippen molar-refractivity contribution in [3.05, 3.63) is 95.3 Å². The van der Waals surface area contributed by atoms with E-state index in [9.17, 15) is 9.50 Å². The molecular weight excluding hydrogens is 343 g/mol. The minimum atomic E-state index is -0.524. The summed E-state index contributed by atoms with van der Waals surface area (Å²) >= 11 is 0. The van der Waals surface area contributed by atoms with Crippen molar-refractivity contribution in [1.82, 2.24) is 5.01 Å². The van der Waals surface area contributed by atoms with Crippen LogP contribution in [0.25, 0.3) is 0 Å². The van der Waals surface area contributed by atoms with Crippen molar-refractivity contribution >= 4 is 5.71 Å². The van der Waals surface area contributed by atoms with E-state index < -0.39 is 6.23 Å². The number of halogens is 1. The third-order valence-electron chi connectivity index (χ3n) is 5.05. The van der Waals surface area contributed by atoms with Gasteiger partial charge in [-0.25, -0.2) is 9.40 Å². The Labute approximate surface area is 156 Å². The Morgan fingerprint density at radius 3 is 2.67 bits per heavy atom. The molecule has 27 heavy (non-hydrogen) atoms. The molecule has 0 amide bonds. The zero-order chi connectivity index (χ0) is 18.4. The zero-order valence-corrected chi connectivity index (χ0v) is 14.4. The van der Waals surface area contributed by atoms with E-state index in [1.807, 2.05) is 47.5 Å². The average molecular weight is 360 g/mol. The van der Waals surface area contributed by atoms with Crippen LogP contribution in [0.1, 0.15) is 35.4 Å². The third-order valence-corrected chi connectivity index (χ3v) is 5.05. The molecule has 0 aromatic heterocycles. The molecule has 0 unspecified atom stereocenters. The van der Waals surface area contributed by atoms with Gasteiger partial charge < -0.3 is 9.84 Å². The summed E-state index contributed by atoms with van der Waals surface area (Å²) in [4.78, 5) is 0. The highest BCUT2D eigenvalue weighted by Crippen LogP contribution is 2.47. The summed E-state index contributed by atoms with van der Waals surface area (Å²) in [5.74, 6) is 0.671. The summed E-state index contributed by atoms with van der Waals surface area (Å²) < 4.78 is 20.0. The Morgan fingerprint density at radius 1 is 1.00 bits per heavy atom. The quantitative estimate of drug-likeness (QED) is 0.716. The van der Waals surface area contributed by atoms with Crippen LogP contribution in [0, 0.1) is 5.82 Å². The number of ether oxygens (including phenoxy) is 1. The number of aromatic hydroxyl groups is 1. The predicted molar refractivity (Wildman–Crippen MR) is 100 cm³/mol. The number of benzene rings is 3. The number of hydrogen-bond acceptors (Lipinski definition) is 4. The number of hydrazone groups is 1. The van der Waals surface area contributed by atoms with Gasteiger partial charge in [-0.1, -0.05) is 42.5 Å². The van der Waals surface area contributed by atoms with Crippen molar-refractivity contribution in [2.24, 2.45) is 5.10 Å². The molecule has 0 aliphatic carbocycles. The molecule has 2 heterocycles. The first-order valence-electron chi connectivity index (χ1n) is 8.86. The van der Waals surface area contributed by atoms with Crippen molar-refractivity contribution in [3.8, 4) is 11.5 Å². The first-order valence-corrected chi connectivity index (χ1v) is 8.86. The molecule has 2 atom stereocenters. The molecule has 0 fully saturated rings. The third kappa shape index (κ3) is 2.63. The van der Waals surface area contributed by atoms with E-state index in [4.69, 9.17) is 9.84 Å². The number of phenolic OH excluding ortho intramolecular Hbond substituents is 1. The minimum absolute atomic E-state index is 0.0298. The van der Waals surface area contributed by atoms with Crippen molar-refractivity contribution in [1.29, 1.82) is 0 Å². The molecule has 2 aliphatic rings. The van der Waals surface area contributed by atoms with Crippen LogP contribution >= 0.6 is 0 Å². The summed E-state index contributed by atoms with van der Waals surface area (Å²) in [5.41, 5.74) is 3.25. The van der Waals surface area contributed by atoms with Crippen LogP contribution in [0.2, 0.25) is 0 Å². The van der Waals surface area contributed by atoms with Gasteiger partial charge in [-0.15, -0.1) is 0 Å². The van der Waals surface area contributed by atoms with Crippen LogP contribution in [0.4, 0.5) is 4.39 Å². The van der Waals surface area contributed by atoms with Gasteiger partial charge in [0, 0.05) is 23.1 Å². The van der Waals surface area contributed by atoms with Gasteiger partial charge in [0.05, 0.1) is 11.8 Å². The smallest absolute Gasteiger partial charge is 0.213 e. The maximum atomic E-state index is 13.8. The molecule has 0 spiro atoms. The molecule has 0 radical (unpaired) electrons. The van der Waals surface area contributed by atoms with Crippen LogP contribution in [-0.2, 0) is 0 Å². The van der Waals surface area contributed by atoms with Gasteiger partial charge in [-0.3, -0.25) is 0 Å². The van der Waals surface area contributed by atoms with Crippen LogP contribution in [0.15, 0.2) is 77.9 Å². The Morgan fingerprint density at radius 2 is 1.81 bits per heavy atom. The summed E-state index contributed by atoms with van der Waals surface area (Å²) in [5, 5.41) is 16.9. The van der Waals surface area contributed by atoms with Crippen molar-refractivity contribution in [2.45, 2.75) is 18.7 Å². The summed E-state index contributed by atoms with van der Waals surface area (Å²) in [6, 6.07) is 21.4. The molecule has 3 aromatic carbocycles. The van der Waals surface area contributed by atoms with E-state index in [2.05, 4.69) is 0 Å². The number of nitrogens with zero attached hydrogens (tertiary/aromatic N) is 2. The Kier molecular flexibility index (Phi) is 3.60. The molecule has 1 N–H and O–H groups in total. The average Bonchev–Trinajstić information content (AvgIpc) is 3.13. The van der Waals surface area contributed by atoms with Gasteiger partial charge >= 0.3 is 0 Å². The van der Waals surface area contributed by atoms with Crippen LogP contribution in [-0.4, -0.2) is 15.8 Å². The molecular formula is C22H17FN2O2. The van der Waals surface area contributed by atoms with E-state index in [0.717, 1.165) is 17.0 Å². The van der Waals surface area contributed by atoms with Crippen LogP contribution in [0.3, 0.4) is 0 Å². The molecule has 5 heteroatoms. The second-order valence-electron chi connectivity index (χ2n) is 6.73. The Bertz CT molecular complexity index is 1050. The highest BCUT2D eigenvalue weighted by molar-refractivity contribution is 6.04. The molecule has 4 nitrogen and oxygen atoms in total. The van der Waals surface area contributed by atoms with Crippen LogP contribution < -0.4 is 4.74 Å². The monoisotopic (exact) mass is 360 g/mol. The molecule has 134 valence electrons. The topological polar surface area (TPSA) is 45.1 Å². The molecule has 3 aromatic rings. The van der Waals surface area contributed by atoms with Gasteiger partial charge in [0.15, 0.2) is 0 Å². The molecule has 0 saturated heterocycles. The van der Waals surface area contributed by atoms with Gasteiger partial charge in [0.2, 0.25) is 6.23 Å². The van der Waals surface area contributed by atoms with Gasteiger partial charge in [0.25, 0.3) is 0 Å². The van der Waals surface area contributed by atoms with Gasteiger partial charge in [-0.05, 0) is 30.3 Å². The van der Waals surface area contributed by atoms with Crippen molar-refractivity contribution < 1.29 is 14.2 Å². The second-order valence-corrected chi connectivity index (χ2v) is 6.73.